The third kappa shape index (κ3) is 6.48. The second kappa shape index (κ2) is 11.9. The molecular weight excluding hydrogens is 481 g/mol. The maximum absolute atomic E-state index is 14.9. The molecule has 5 rings (SSSR count). The predicted molar refractivity (Wildman–Crippen MR) is 148 cm³/mol. The fraction of sp³-hybridized carbons (Fsp3) is 0.433. The van der Waals surface area contributed by atoms with Gasteiger partial charge in [-0.25, -0.2) is 14.4 Å². The normalized spacial score (nSPS) is 15.9. The Morgan fingerprint density at radius 3 is 2.39 bits per heavy atom. The van der Waals surface area contributed by atoms with Gasteiger partial charge < -0.3 is 19.9 Å². The molecule has 2 fully saturated rings. The first-order valence-corrected chi connectivity index (χ1v) is 13.6. The molecule has 0 atom stereocenters. The van der Waals surface area contributed by atoms with Crippen molar-refractivity contribution >= 4 is 23.1 Å². The number of benzene rings is 2. The highest BCUT2D eigenvalue weighted by molar-refractivity contribution is 5.97. The van der Waals surface area contributed by atoms with Crippen molar-refractivity contribution in [3.05, 3.63) is 71.3 Å². The lowest BCUT2D eigenvalue weighted by Crippen LogP contribution is -2.46. The molecule has 2 aliphatic rings. The second-order valence-electron chi connectivity index (χ2n) is 10.2. The van der Waals surface area contributed by atoms with Crippen LogP contribution in [0.4, 0.5) is 21.7 Å². The number of nitrogens with zero attached hydrogens (tertiary/aromatic N) is 4. The van der Waals surface area contributed by atoms with E-state index in [9.17, 15) is 9.18 Å². The van der Waals surface area contributed by atoms with E-state index in [0.717, 1.165) is 56.8 Å². The number of hydrogen-bond acceptors (Lipinski definition) is 7. The summed E-state index contributed by atoms with van der Waals surface area (Å²) < 4.78 is 20.1. The van der Waals surface area contributed by atoms with Gasteiger partial charge in [0.2, 0.25) is 5.95 Å². The molecule has 0 radical (unpaired) electrons. The highest BCUT2D eigenvalue weighted by Crippen LogP contribution is 2.34. The van der Waals surface area contributed by atoms with Gasteiger partial charge in [-0.05, 0) is 85.7 Å². The van der Waals surface area contributed by atoms with Crippen LogP contribution in [0.2, 0.25) is 0 Å². The van der Waals surface area contributed by atoms with Crippen molar-refractivity contribution in [2.75, 3.05) is 50.1 Å². The summed E-state index contributed by atoms with van der Waals surface area (Å²) in [5, 5.41) is 3.25. The Hall–Kier alpha value is -3.52. The van der Waals surface area contributed by atoms with E-state index in [0.29, 0.717) is 42.3 Å². The Kier molecular flexibility index (Phi) is 8.17. The van der Waals surface area contributed by atoms with Gasteiger partial charge in [0, 0.05) is 61.9 Å². The number of aromatic nitrogens is 2. The zero-order valence-corrected chi connectivity index (χ0v) is 22.3. The largest absolute Gasteiger partial charge is 0.494 e. The molecule has 1 aromatic heterocycles. The Labute approximate surface area is 224 Å². The number of ether oxygens (including phenoxy) is 1. The molecule has 8 heteroatoms. The number of anilines is 3. The van der Waals surface area contributed by atoms with Gasteiger partial charge in [-0.2, -0.15) is 0 Å². The quantitative estimate of drug-likeness (QED) is 0.347. The number of halogens is 1. The molecule has 0 spiro atoms. The summed E-state index contributed by atoms with van der Waals surface area (Å²) in [4.78, 5) is 26.4. The van der Waals surface area contributed by atoms with Gasteiger partial charge in [-0.1, -0.05) is 6.92 Å². The van der Waals surface area contributed by atoms with Gasteiger partial charge in [0.05, 0.1) is 7.11 Å². The Morgan fingerprint density at radius 2 is 1.76 bits per heavy atom. The Balaban J connectivity index is 1.17. The van der Waals surface area contributed by atoms with E-state index < -0.39 is 5.82 Å². The summed E-state index contributed by atoms with van der Waals surface area (Å²) in [7, 11) is 1.43. The number of nitrogens with one attached hydrogen (secondary N) is 1. The van der Waals surface area contributed by atoms with Gasteiger partial charge in [-0.15, -0.1) is 0 Å². The van der Waals surface area contributed by atoms with E-state index in [4.69, 9.17) is 4.74 Å². The van der Waals surface area contributed by atoms with Crippen LogP contribution in [-0.4, -0.2) is 60.5 Å². The molecule has 1 N–H and O–H groups in total. The zero-order chi connectivity index (χ0) is 26.5. The summed E-state index contributed by atoms with van der Waals surface area (Å²) in [5.74, 6) is 0.749. The van der Waals surface area contributed by atoms with Crippen molar-refractivity contribution in [2.24, 2.45) is 5.92 Å². The molecule has 0 bridgehead atoms. The molecule has 3 aromatic rings. The van der Waals surface area contributed by atoms with E-state index in [2.05, 4.69) is 44.1 Å². The number of Topliss-reactive ketones (excluding diaryl/α,β-unsaturated/α-hetero) is 1. The van der Waals surface area contributed by atoms with Crippen LogP contribution in [0.1, 0.15) is 47.7 Å². The molecule has 38 heavy (non-hydrogen) atoms. The van der Waals surface area contributed by atoms with Crippen LogP contribution in [0.15, 0.2) is 48.8 Å². The van der Waals surface area contributed by atoms with Crippen LogP contribution in [0.5, 0.6) is 5.75 Å². The lowest BCUT2D eigenvalue weighted by atomic mass is 9.99. The third-order valence-electron chi connectivity index (χ3n) is 7.52. The Bertz CT molecular complexity index is 1240. The van der Waals surface area contributed by atoms with Crippen LogP contribution in [0.3, 0.4) is 0 Å². The summed E-state index contributed by atoms with van der Waals surface area (Å²) >= 11 is 0. The topological polar surface area (TPSA) is 70.6 Å². The molecule has 0 amide bonds. The Morgan fingerprint density at radius 1 is 1.05 bits per heavy atom. The number of rotatable bonds is 11. The smallest absolute Gasteiger partial charge is 0.227 e. The number of methoxy groups -OCH3 is 1. The van der Waals surface area contributed by atoms with Crippen molar-refractivity contribution in [2.45, 2.75) is 39.0 Å². The van der Waals surface area contributed by atoms with E-state index >= 15 is 0 Å². The molecule has 7 nitrogen and oxygen atoms in total. The molecule has 200 valence electrons. The number of carbonyl (C=O) groups excluding carboxylic acids is 1. The fourth-order valence-corrected chi connectivity index (χ4v) is 4.88. The molecule has 1 aliphatic carbocycles. The van der Waals surface area contributed by atoms with Crippen molar-refractivity contribution in [1.82, 2.24) is 14.9 Å². The average Bonchev–Trinajstić information content (AvgIpc) is 3.78. The van der Waals surface area contributed by atoms with Crippen LogP contribution in [-0.2, 0) is 12.8 Å². The van der Waals surface area contributed by atoms with Crippen LogP contribution < -0.4 is 15.0 Å². The molecule has 2 heterocycles. The summed E-state index contributed by atoms with van der Waals surface area (Å²) in [6, 6.07) is 11.5. The van der Waals surface area contributed by atoms with Gasteiger partial charge >= 0.3 is 0 Å². The van der Waals surface area contributed by atoms with E-state index in [-0.39, 0.29) is 11.5 Å². The van der Waals surface area contributed by atoms with E-state index in [1.807, 2.05) is 12.1 Å². The molecule has 0 unspecified atom stereocenters. The molecule has 1 saturated carbocycles. The minimum atomic E-state index is -0.412. The predicted octanol–water partition coefficient (Wildman–Crippen LogP) is 5.28. The van der Waals surface area contributed by atoms with Crippen LogP contribution in [0, 0.1) is 11.7 Å². The van der Waals surface area contributed by atoms with Crippen LogP contribution >= 0.6 is 0 Å². The highest BCUT2D eigenvalue weighted by atomic mass is 19.1. The standard InChI is InChI=1S/C30H36FN5O2/c1-3-35-12-14-36(15-13-35)26-10-8-25(9-11-26)34-30-32-19-22(20-33-30)6-7-23-17-24(18-28(38-2)29(23)31)27(37)16-21-4-5-21/h8-11,17-21H,3-7,12-16H2,1-2H3,(H,32,33,34). The molecule has 2 aromatic carbocycles. The number of likely N-dealkylation sites (N-methyl/N-ethyl adjacent to an activating group) is 1. The van der Waals surface area contributed by atoms with E-state index in [1.165, 1.54) is 18.9 Å². The lowest BCUT2D eigenvalue weighted by molar-refractivity contribution is 0.0975. The summed E-state index contributed by atoms with van der Waals surface area (Å²) in [5.41, 5.74) is 4.04. The number of ketones is 1. The highest BCUT2D eigenvalue weighted by Gasteiger charge is 2.26. The molecule has 1 aliphatic heterocycles. The number of hydrogen-bond donors (Lipinski definition) is 1. The SMILES string of the molecule is CCN1CCN(c2ccc(Nc3ncc(CCc4cc(C(=O)CC5CC5)cc(OC)c4F)cn3)cc2)CC1. The van der Waals surface area contributed by atoms with Gasteiger partial charge in [-0.3, -0.25) is 4.79 Å². The first-order chi connectivity index (χ1) is 18.5. The minimum absolute atomic E-state index is 0.0536. The van der Waals surface area contributed by atoms with Crippen LogP contribution in [0.25, 0.3) is 0 Å². The van der Waals surface area contributed by atoms with Crippen molar-refractivity contribution in [1.29, 1.82) is 0 Å². The van der Waals surface area contributed by atoms with Gasteiger partial charge in [0.1, 0.15) is 0 Å². The monoisotopic (exact) mass is 517 g/mol. The van der Waals surface area contributed by atoms with Crippen molar-refractivity contribution < 1.29 is 13.9 Å². The van der Waals surface area contributed by atoms with E-state index in [1.54, 1.807) is 18.5 Å². The third-order valence-corrected chi connectivity index (χ3v) is 7.52. The number of piperazine rings is 1. The maximum Gasteiger partial charge on any atom is 0.227 e. The number of carbonyl (C=O) groups is 1. The average molecular weight is 518 g/mol. The van der Waals surface area contributed by atoms with Crippen molar-refractivity contribution in [3.63, 3.8) is 0 Å². The molecule has 1 saturated heterocycles. The van der Waals surface area contributed by atoms with Crippen molar-refractivity contribution in [3.8, 4) is 5.75 Å². The number of aryl methyl sites for hydroxylation is 2. The minimum Gasteiger partial charge on any atom is -0.494 e. The molecular formula is C30H36FN5O2. The summed E-state index contributed by atoms with van der Waals surface area (Å²) in [6.07, 6.45) is 7.22. The summed E-state index contributed by atoms with van der Waals surface area (Å²) in [6.45, 7) is 7.60. The first-order valence-electron chi connectivity index (χ1n) is 13.6. The van der Waals surface area contributed by atoms with Gasteiger partial charge in [0.25, 0.3) is 0 Å². The lowest BCUT2D eigenvalue weighted by Gasteiger charge is -2.35. The maximum atomic E-state index is 14.9. The first kappa shape index (κ1) is 26.1. The van der Waals surface area contributed by atoms with Gasteiger partial charge in [0.15, 0.2) is 17.3 Å². The zero-order valence-electron chi connectivity index (χ0n) is 22.3. The second-order valence-corrected chi connectivity index (χ2v) is 10.2. The fourth-order valence-electron chi connectivity index (χ4n) is 4.88.